The highest BCUT2D eigenvalue weighted by atomic mass is 16.3. The van der Waals surface area contributed by atoms with Gasteiger partial charge in [0.05, 0.1) is 0 Å². The van der Waals surface area contributed by atoms with Crippen LogP contribution >= 0.6 is 0 Å². The molecule has 0 atom stereocenters. The van der Waals surface area contributed by atoms with Crippen molar-refractivity contribution in [3.63, 3.8) is 0 Å². The largest absolute Gasteiger partial charge is 0.396 e. The van der Waals surface area contributed by atoms with Crippen LogP contribution in [0.2, 0.25) is 0 Å². The van der Waals surface area contributed by atoms with Gasteiger partial charge in [-0.05, 0) is 12.8 Å². The molecule has 0 aliphatic heterocycles. The average Bonchev–Trinajstić information content (AvgIpc) is 2.12. The second-order valence-corrected chi connectivity index (χ2v) is 1.41. The summed E-state index contributed by atoms with van der Waals surface area (Å²) >= 11 is 0. The SMILES string of the molecule is OC[C]1CC1. The molecule has 0 bridgehead atoms. The van der Waals surface area contributed by atoms with Gasteiger partial charge in [-0.3, -0.25) is 0 Å². The first-order valence-corrected chi connectivity index (χ1v) is 1.88. The van der Waals surface area contributed by atoms with Crippen LogP contribution in [0.15, 0.2) is 0 Å². The standard InChI is InChI=1S/C4H7O/c5-3-4-1-2-4/h5H,1-3H2. The number of hydrogen-bond acceptors (Lipinski definition) is 1. The van der Waals surface area contributed by atoms with Crippen LogP contribution in [0.5, 0.6) is 0 Å². The van der Waals surface area contributed by atoms with Gasteiger partial charge in [0.1, 0.15) is 0 Å². The minimum atomic E-state index is 0.333. The highest BCUT2D eigenvalue weighted by Gasteiger charge is 2.19. The molecule has 1 nitrogen and oxygen atoms in total. The molecule has 0 heterocycles. The highest BCUT2D eigenvalue weighted by Crippen LogP contribution is 2.30. The second kappa shape index (κ2) is 0.977. The Morgan fingerprint density at radius 2 is 2.20 bits per heavy atom. The van der Waals surface area contributed by atoms with E-state index < -0.39 is 0 Å². The fourth-order valence-electron chi connectivity index (χ4n) is 0.247. The summed E-state index contributed by atoms with van der Waals surface area (Å²) in [4.78, 5) is 0. The quantitative estimate of drug-likeness (QED) is 0.473. The molecule has 1 rings (SSSR count). The lowest BCUT2D eigenvalue weighted by molar-refractivity contribution is 0.323. The molecule has 1 N–H and O–H groups in total. The van der Waals surface area contributed by atoms with Crippen molar-refractivity contribution in [2.24, 2.45) is 0 Å². The van der Waals surface area contributed by atoms with Crippen LogP contribution in [0.3, 0.4) is 0 Å². The fraction of sp³-hybridized carbons (Fsp3) is 0.750. The van der Waals surface area contributed by atoms with Crippen LogP contribution in [0.25, 0.3) is 0 Å². The van der Waals surface area contributed by atoms with Crippen molar-refractivity contribution in [3.8, 4) is 0 Å². The van der Waals surface area contributed by atoms with Crippen molar-refractivity contribution in [1.82, 2.24) is 0 Å². The normalized spacial score (nSPS) is 23.4. The Bertz CT molecular complexity index is 30.6. The Hall–Kier alpha value is -0.0400. The molecule has 0 aromatic carbocycles. The van der Waals surface area contributed by atoms with Crippen LogP contribution in [-0.4, -0.2) is 11.7 Å². The molecule has 0 spiro atoms. The number of aliphatic hydroxyl groups excluding tert-OH is 1. The Kier molecular flexibility index (Phi) is 0.618. The van der Waals surface area contributed by atoms with E-state index in [1.165, 1.54) is 18.8 Å². The van der Waals surface area contributed by atoms with E-state index in [-0.39, 0.29) is 0 Å². The monoisotopic (exact) mass is 71.0 g/mol. The van der Waals surface area contributed by atoms with Gasteiger partial charge < -0.3 is 5.11 Å². The van der Waals surface area contributed by atoms with Crippen LogP contribution in [0.1, 0.15) is 12.8 Å². The predicted octanol–water partition coefficient (Wildman–Crippen LogP) is 0.347. The molecule has 1 fully saturated rings. The molecular formula is C4H7O. The second-order valence-electron chi connectivity index (χ2n) is 1.41. The number of rotatable bonds is 1. The molecule has 0 saturated heterocycles. The van der Waals surface area contributed by atoms with Crippen molar-refractivity contribution in [1.29, 1.82) is 0 Å². The molecule has 1 radical (unpaired) electrons. The van der Waals surface area contributed by atoms with Gasteiger partial charge in [0, 0.05) is 12.5 Å². The van der Waals surface area contributed by atoms with Crippen molar-refractivity contribution in [2.75, 3.05) is 6.61 Å². The maximum atomic E-state index is 8.17. The summed E-state index contributed by atoms with van der Waals surface area (Å²) in [5.74, 6) is 1.31. The predicted molar refractivity (Wildman–Crippen MR) is 19.6 cm³/mol. The summed E-state index contributed by atoms with van der Waals surface area (Å²) in [5.41, 5.74) is 0. The van der Waals surface area contributed by atoms with Crippen molar-refractivity contribution in [2.45, 2.75) is 12.8 Å². The molecule has 1 aliphatic carbocycles. The van der Waals surface area contributed by atoms with Crippen molar-refractivity contribution in [3.05, 3.63) is 5.92 Å². The lowest BCUT2D eigenvalue weighted by atomic mass is 10.5. The Morgan fingerprint density at radius 3 is 2.20 bits per heavy atom. The first-order chi connectivity index (χ1) is 2.43. The van der Waals surface area contributed by atoms with Crippen LogP contribution in [0, 0.1) is 5.92 Å². The van der Waals surface area contributed by atoms with E-state index in [1.54, 1.807) is 0 Å². The third kappa shape index (κ3) is 0.618. The molecule has 29 valence electrons. The smallest absolute Gasteiger partial charge is 0.0493 e. The average molecular weight is 71.1 g/mol. The summed E-state index contributed by atoms with van der Waals surface area (Å²) in [6.07, 6.45) is 2.35. The molecule has 1 saturated carbocycles. The maximum Gasteiger partial charge on any atom is 0.0493 e. The van der Waals surface area contributed by atoms with Crippen molar-refractivity contribution >= 4 is 0 Å². The maximum absolute atomic E-state index is 8.17. The number of aliphatic hydroxyl groups is 1. The first kappa shape index (κ1) is 3.16. The minimum Gasteiger partial charge on any atom is -0.396 e. The van der Waals surface area contributed by atoms with Crippen LogP contribution in [-0.2, 0) is 0 Å². The van der Waals surface area contributed by atoms with E-state index in [0.717, 1.165) is 0 Å². The van der Waals surface area contributed by atoms with Crippen LogP contribution < -0.4 is 0 Å². The third-order valence-corrected chi connectivity index (χ3v) is 0.827. The van der Waals surface area contributed by atoms with Crippen LogP contribution in [0.4, 0.5) is 0 Å². The molecule has 1 heteroatoms. The number of hydrogen-bond donors (Lipinski definition) is 1. The van der Waals surface area contributed by atoms with E-state index in [9.17, 15) is 0 Å². The zero-order valence-electron chi connectivity index (χ0n) is 3.07. The van der Waals surface area contributed by atoms with E-state index in [0.29, 0.717) is 6.61 Å². The Morgan fingerprint density at radius 1 is 1.60 bits per heavy atom. The Balaban J connectivity index is 2.00. The van der Waals surface area contributed by atoms with E-state index in [2.05, 4.69) is 0 Å². The van der Waals surface area contributed by atoms with Gasteiger partial charge in [-0.25, -0.2) is 0 Å². The van der Waals surface area contributed by atoms with Crippen molar-refractivity contribution < 1.29 is 5.11 Å². The molecule has 0 aromatic rings. The minimum absolute atomic E-state index is 0.333. The summed E-state index contributed by atoms with van der Waals surface area (Å²) in [5, 5.41) is 8.17. The summed E-state index contributed by atoms with van der Waals surface area (Å²) < 4.78 is 0. The molecule has 0 amide bonds. The lowest BCUT2D eigenvalue weighted by Gasteiger charge is -1.72. The molecule has 0 unspecified atom stereocenters. The summed E-state index contributed by atoms with van der Waals surface area (Å²) in [6, 6.07) is 0. The summed E-state index contributed by atoms with van der Waals surface area (Å²) in [6.45, 7) is 0.333. The molecule has 0 aromatic heterocycles. The van der Waals surface area contributed by atoms with Gasteiger partial charge in [0.15, 0.2) is 0 Å². The zero-order chi connectivity index (χ0) is 3.70. The third-order valence-electron chi connectivity index (χ3n) is 0.827. The lowest BCUT2D eigenvalue weighted by Crippen LogP contribution is -1.76. The highest BCUT2D eigenvalue weighted by molar-refractivity contribution is 5.04. The first-order valence-electron chi connectivity index (χ1n) is 1.88. The molecule has 5 heavy (non-hydrogen) atoms. The van der Waals surface area contributed by atoms with E-state index >= 15 is 0 Å². The fourth-order valence-corrected chi connectivity index (χ4v) is 0.247. The van der Waals surface area contributed by atoms with Gasteiger partial charge in [-0.15, -0.1) is 0 Å². The Labute approximate surface area is 31.6 Å². The topological polar surface area (TPSA) is 20.2 Å². The zero-order valence-corrected chi connectivity index (χ0v) is 3.07. The van der Waals surface area contributed by atoms with E-state index in [1.807, 2.05) is 0 Å². The molecular weight excluding hydrogens is 64.0 g/mol. The van der Waals surface area contributed by atoms with E-state index in [4.69, 9.17) is 5.11 Å². The molecule has 1 aliphatic rings. The van der Waals surface area contributed by atoms with Gasteiger partial charge in [0.25, 0.3) is 0 Å². The van der Waals surface area contributed by atoms with Gasteiger partial charge in [-0.1, -0.05) is 0 Å². The van der Waals surface area contributed by atoms with Gasteiger partial charge in [0.2, 0.25) is 0 Å². The van der Waals surface area contributed by atoms with Gasteiger partial charge >= 0.3 is 0 Å². The van der Waals surface area contributed by atoms with Gasteiger partial charge in [-0.2, -0.15) is 0 Å². The summed E-state index contributed by atoms with van der Waals surface area (Å²) in [7, 11) is 0.